The van der Waals surface area contributed by atoms with Crippen LogP contribution in [0, 0.1) is 17.9 Å². The van der Waals surface area contributed by atoms with Gasteiger partial charge in [-0.3, -0.25) is 4.98 Å². The molecule has 4 nitrogen and oxygen atoms in total. The maximum absolute atomic E-state index is 9.52. The number of aromatic nitrogens is 2. The van der Waals surface area contributed by atoms with Gasteiger partial charge in [-0.1, -0.05) is 42.5 Å². The molecule has 7 aromatic rings. The first-order valence-corrected chi connectivity index (χ1v) is 12.6. The molecule has 0 amide bonds. The molecule has 0 spiro atoms. The lowest BCUT2D eigenvalue weighted by Crippen LogP contribution is -1.88. The highest BCUT2D eigenvalue weighted by atomic mass is 32.1. The monoisotopic (exact) mass is 488 g/mol. The van der Waals surface area contributed by atoms with Crippen LogP contribution in [-0.4, -0.2) is 9.97 Å². The van der Waals surface area contributed by atoms with Crippen molar-refractivity contribution in [3.05, 3.63) is 114 Å². The summed E-state index contributed by atoms with van der Waals surface area (Å²) in [5, 5.41) is 13.9. The van der Waals surface area contributed by atoms with Crippen LogP contribution in [0.25, 0.3) is 69.2 Å². The Morgan fingerprint density at radius 1 is 0.784 bits per heavy atom. The zero-order valence-corrected chi connectivity index (χ0v) is 20.3. The van der Waals surface area contributed by atoms with Crippen molar-refractivity contribution >= 4 is 59.0 Å². The van der Waals surface area contributed by atoms with Gasteiger partial charge >= 0.3 is 0 Å². The number of hydrogen-bond donors (Lipinski definition) is 0. The molecular weight excluding hydrogens is 472 g/mol. The van der Waals surface area contributed by atoms with E-state index in [1.165, 1.54) is 4.70 Å². The Balaban J connectivity index is 1.47. The standard InChI is InChI=1S/C32H16N4S/c1-34-24-15-19(18-33)14-23(16-24)25-5-2-6-29-30(25)26-17-22(10-12-28(26)37-29)27-11-9-21-8-7-20-4-3-13-35-31(20)32(21)36-27/h2-17H. The maximum atomic E-state index is 9.52. The van der Waals surface area contributed by atoms with E-state index >= 15 is 0 Å². The molecule has 0 unspecified atom stereocenters. The van der Waals surface area contributed by atoms with Gasteiger partial charge in [0.2, 0.25) is 0 Å². The van der Waals surface area contributed by atoms with E-state index in [-0.39, 0.29) is 0 Å². The van der Waals surface area contributed by atoms with Gasteiger partial charge in [-0.15, -0.1) is 11.3 Å². The van der Waals surface area contributed by atoms with Crippen molar-refractivity contribution in [2.45, 2.75) is 0 Å². The Morgan fingerprint density at radius 3 is 2.51 bits per heavy atom. The molecule has 0 fully saturated rings. The molecule has 0 bridgehead atoms. The van der Waals surface area contributed by atoms with Crippen molar-refractivity contribution in [1.29, 1.82) is 5.26 Å². The van der Waals surface area contributed by atoms with E-state index in [0.717, 1.165) is 59.7 Å². The molecule has 3 heterocycles. The van der Waals surface area contributed by atoms with Crippen molar-refractivity contribution < 1.29 is 0 Å². The number of hydrogen-bond acceptors (Lipinski definition) is 4. The molecule has 0 aliphatic carbocycles. The fraction of sp³-hybridized carbons (Fsp3) is 0. The third kappa shape index (κ3) is 3.42. The van der Waals surface area contributed by atoms with Crippen LogP contribution >= 0.6 is 11.3 Å². The maximum Gasteiger partial charge on any atom is 0.189 e. The van der Waals surface area contributed by atoms with Gasteiger partial charge in [0.15, 0.2) is 5.69 Å². The Morgan fingerprint density at radius 2 is 1.65 bits per heavy atom. The van der Waals surface area contributed by atoms with Crippen LogP contribution in [0.4, 0.5) is 5.69 Å². The first-order chi connectivity index (χ1) is 18.2. The average molecular weight is 489 g/mol. The summed E-state index contributed by atoms with van der Waals surface area (Å²) in [6.45, 7) is 7.48. The molecule has 0 saturated heterocycles. The molecule has 0 saturated carbocycles. The summed E-state index contributed by atoms with van der Waals surface area (Å²) in [7, 11) is 0. The van der Waals surface area contributed by atoms with Crippen LogP contribution in [0.2, 0.25) is 0 Å². The van der Waals surface area contributed by atoms with Crippen molar-refractivity contribution in [2.24, 2.45) is 0 Å². The van der Waals surface area contributed by atoms with E-state index < -0.39 is 0 Å². The van der Waals surface area contributed by atoms with Crippen LogP contribution in [0.15, 0.2) is 97.2 Å². The molecule has 0 radical (unpaired) electrons. The lowest BCUT2D eigenvalue weighted by atomic mass is 9.96. The Labute approximate surface area is 216 Å². The third-order valence-corrected chi connectivity index (χ3v) is 7.85. The minimum absolute atomic E-state index is 0.465. The largest absolute Gasteiger partial charge is 0.254 e. The van der Waals surface area contributed by atoms with Gasteiger partial charge in [-0.25, -0.2) is 9.83 Å². The second-order valence-electron chi connectivity index (χ2n) is 8.89. The normalized spacial score (nSPS) is 11.2. The molecule has 3 aromatic heterocycles. The average Bonchev–Trinajstić information content (AvgIpc) is 3.34. The fourth-order valence-corrected chi connectivity index (χ4v) is 6.12. The number of pyridine rings is 2. The van der Waals surface area contributed by atoms with E-state index in [9.17, 15) is 5.26 Å². The van der Waals surface area contributed by atoms with Crippen LogP contribution in [0.1, 0.15) is 5.56 Å². The van der Waals surface area contributed by atoms with Crippen molar-refractivity contribution in [3.63, 3.8) is 0 Å². The molecular formula is C32H16N4S. The number of nitriles is 1. The third-order valence-electron chi connectivity index (χ3n) is 6.71. The van der Waals surface area contributed by atoms with Crippen LogP contribution in [0.5, 0.6) is 0 Å². The van der Waals surface area contributed by atoms with Gasteiger partial charge in [-0.05, 0) is 59.7 Å². The van der Waals surface area contributed by atoms with E-state index in [4.69, 9.17) is 11.6 Å². The number of fused-ring (bicyclic) bond motifs is 6. The number of rotatable bonds is 2. The van der Waals surface area contributed by atoms with E-state index in [2.05, 4.69) is 76.6 Å². The zero-order chi connectivity index (χ0) is 24.9. The Hall–Kier alpha value is -5.10. The first-order valence-electron chi connectivity index (χ1n) is 11.7. The Bertz CT molecular complexity index is 2090. The van der Waals surface area contributed by atoms with E-state index in [0.29, 0.717) is 11.3 Å². The predicted octanol–water partition coefficient (Wildman–Crippen LogP) is 8.91. The highest BCUT2D eigenvalue weighted by Crippen LogP contribution is 2.42. The minimum atomic E-state index is 0.465. The quantitative estimate of drug-likeness (QED) is 0.180. The van der Waals surface area contributed by atoms with Crippen LogP contribution in [0.3, 0.4) is 0 Å². The molecule has 4 aromatic carbocycles. The summed E-state index contributed by atoms with van der Waals surface area (Å²) in [5.74, 6) is 0. The molecule has 0 aliphatic rings. The van der Waals surface area contributed by atoms with Crippen LogP contribution in [-0.2, 0) is 0 Å². The highest BCUT2D eigenvalue weighted by Gasteiger charge is 2.14. The number of thiophene rings is 1. The van der Waals surface area contributed by atoms with Gasteiger partial charge < -0.3 is 0 Å². The fourth-order valence-electron chi connectivity index (χ4n) is 5.01. The van der Waals surface area contributed by atoms with Gasteiger partial charge in [0.1, 0.15) is 0 Å². The molecule has 37 heavy (non-hydrogen) atoms. The lowest BCUT2D eigenvalue weighted by molar-refractivity contribution is 1.37. The second-order valence-corrected chi connectivity index (χ2v) is 9.98. The topological polar surface area (TPSA) is 53.9 Å². The highest BCUT2D eigenvalue weighted by molar-refractivity contribution is 7.26. The lowest BCUT2D eigenvalue weighted by Gasteiger charge is -2.08. The first kappa shape index (κ1) is 21.2. The molecule has 0 aliphatic heterocycles. The van der Waals surface area contributed by atoms with Crippen LogP contribution < -0.4 is 0 Å². The minimum Gasteiger partial charge on any atom is -0.254 e. The SMILES string of the molecule is [C-]#[N+]c1cc(C#N)cc(-c2cccc3sc4ccc(-c5ccc6ccc7cccnc7c6n5)cc4c23)c1. The zero-order valence-electron chi connectivity index (χ0n) is 19.4. The summed E-state index contributed by atoms with van der Waals surface area (Å²) >= 11 is 1.74. The Kier molecular flexibility index (Phi) is 4.72. The number of benzene rings is 4. The predicted molar refractivity (Wildman–Crippen MR) is 152 cm³/mol. The van der Waals surface area contributed by atoms with Crippen molar-refractivity contribution in [1.82, 2.24) is 9.97 Å². The summed E-state index contributed by atoms with van der Waals surface area (Å²) in [6.07, 6.45) is 1.81. The second kappa shape index (κ2) is 8.24. The molecule has 0 N–H and O–H groups in total. The van der Waals surface area contributed by atoms with Gasteiger partial charge in [0, 0.05) is 48.3 Å². The number of nitrogens with zero attached hydrogens (tertiary/aromatic N) is 4. The van der Waals surface area contributed by atoms with Gasteiger partial charge in [0.05, 0.1) is 29.4 Å². The molecule has 170 valence electrons. The van der Waals surface area contributed by atoms with Crippen molar-refractivity contribution in [3.8, 4) is 28.5 Å². The molecule has 0 atom stereocenters. The summed E-state index contributed by atoms with van der Waals surface area (Å²) in [6, 6.07) is 32.6. The summed E-state index contributed by atoms with van der Waals surface area (Å²) in [4.78, 5) is 13.2. The summed E-state index contributed by atoms with van der Waals surface area (Å²) < 4.78 is 2.35. The van der Waals surface area contributed by atoms with E-state index in [1.807, 2.05) is 30.5 Å². The van der Waals surface area contributed by atoms with Gasteiger partial charge in [0.25, 0.3) is 0 Å². The molecule has 7 rings (SSSR count). The molecule has 5 heteroatoms. The van der Waals surface area contributed by atoms with E-state index in [1.54, 1.807) is 17.4 Å². The van der Waals surface area contributed by atoms with Gasteiger partial charge in [-0.2, -0.15) is 5.26 Å². The smallest absolute Gasteiger partial charge is 0.189 e. The summed E-state index contributed by atoms with van der Waals surface area (Å²) in [5.41, 5.74) is 6.57. The van der Waals surface area contributed by atoms with Crippen molar-refractivity contribution in [2.75, 3.05) is 0 Å².